The molecule has 2 aromatic rings. The molecule has 0 bridgehead atoms. The van der Waals surface area contributed by atoms with E-state index < -0.39 is 0 Å². The van der Waals surface area contributed by atoms with E-state index in [1.807, 2.05) is 19.1 Å². The first-order valence-electron chi connectivity index (χ1n) is 5.10. The average molecular weight is 279 g/mol. The van der Waals surface area contributed by atoms with Gasteiger partial charge < -0.3 is 4.74 Å². The fourth-order valence-electron chi connectivity index (χ4n) is 1.37. The quantitative estimate of drug-likeness (QED) is 0.820. The predicted molar refractivity (Wildman–Crippen MR) is 70.2 cm³/mol. The van der Waals surface area contributed by atoms with Crippen molar-refractivity contribution >= 4 is 23.2 Å². The summed E-state index contributed by atoms with van der Waals surface area (Å²) in [6, 6.07) is 8.85. The molecule has 1 aromatic heterocycles. The van der Waals surface area contributed by atoms with E-state index in [4.69, 9.17) is 33.2 Å². The van der Waals surface area contributed by atoms with Crippen LogP contribution in [-0.4, -0.2) is 4.98 Å². The summed E-state index contributed by atoms with van der Waals surface area (Å²) in [4.78, 5) is 3.98. The van der Waals surface area contributed by atoms with Crippen LogP contribution in [0.25, 0.3) is 0 Å². The minimum absolute atomic E-state index is 0.168. The predicted octanol–water partition coefficient (Wildman–Crippen LogP) is 4.36. The lowest BCUT2D eigenvalue weighted by Crippen LogP contribution is -1.92. The Morgan fingerprint density at radius 3 is 2.72 bits per heavy atom. The van der Waals surface area contributed by atoms with Crippen molar-refractivity contribution in [2.75, 3.05) is 0 Å². The first-order chi connectivity index (χ1) is 8.61. The standard InChI is InChI=1S/C13H8Cl2N2O/c1-8-2-3-11(10(14)6-8)18-13-12(15)9(7-16)4-5-17-13/h2-6H,1H3. The number of nitriles is 1. The van der Waals surface area contributed by atoms with E-state index >= 15 is 0 Å². The molecule has 0 fully saturated rings. The number of halogens is 2. The van der Waals surface area contributed by atoms with Gasteiger partial charge in [-0.05, 0) is 30.7 Å². The molecule has 0 unspecified atom stereocenters. The second kappa shape index (κ2) is 5.26. The lowest BCUT2D eigenvalue weighted by Gasteiger charge is -2.08. The lowest BCUT2D eigenvalue weighted by molar-refractivity contribution is 0.463. The molecule has 0 aliphatic carbocycles. The minimum atomic E-state index is 0.168. The Kier molecular flexibility index (Phi) is 3.71. The number of aryl methyl sites for hydroxylation is 1. The molecule has 0 aliphatic rings. The van der Waals surface area contributed by atoms with Crippen LogP contribution >= 0.6 is 23.2 Å². The van der Waals surface area contributed by atoms with Crippen molar-refractivity contribution in [3.63, 3.8) is 0 Å². The van der Waals surface area contributed by atoms with Gasteiger partial charge in [-0.1, -0.05) is 29.3 Å². The monoisotopic (exact) mass is 278 g/mol. The highest BCUT2D eigenvalue weighted by Gasteiger charge is 2.11. The molecule has 0 radical (unpaired) electrons. The molecule has 0 spiro atoms. The van der Waals surface area contributed by atoms with Crippen LogP contribution in [0.4, 0.5) is 0 Å². The Bertz CT molecular complexity index is 635. The van der Waals surface area contributed by atoms with Crippen molar-refractivity contribution in [1.29, 1.82) is 5.26 Å². The van der Waals surface area contributed by atoms with E-state index in [0.717, 1.165) is 5.56 Å². The number of pyridine rings is 1. The molecule has 0 saturated heterocycles. The van der Waals surface area contributed by atoms with Crippen molar-refractivity contribution in [1.82, 2.24) is 4.98 Å². The Morgan fingerprint density at radius 2 is 2.06 bits per heavy atom. The summed E-state index contributed by atoms with van der Waals surface area (Å²) in [5, 5.41) is 9.50. The molecule has 0 N–H and O–H groups in total. The number of hydrogen-bond donors (Lipinski definition) is 0. The van der Waals surface area contributed by atoms with Gasteiger partial charge in [-0.3, -0.25) is 0 Å². The number of aromatic nitrogens is 1. The smallest absolute Gasteiger partial charge is 0.239 e. The zero-order valence-corrected chi connectivity index (χ0v) is 11.0. The van der Waals surface area contributed by atoms with Crippen molar-refractivity contribution < 1.29 is 4.74 Å². The molecule has 0 saturated carbocycles. The summed E-state index contributed by atoms with van der Waals surface area (Å²) < 4.78 is 5.51. The number of benzene rings is 1. The normalized spacial score (nSPS) is 9.89. The summed E-state index contributed by atoms with van der Waals surface area (Å²) in [6.07, 6.45) is 1.46. The van der Waals surface area contributed by atoms with Gasteiger partial charge in [-0.15, -0.1) is 0 Å². The minimum Gasteiger partial charge on any atom is -0.436 e. The third-order valence-electron chi connectivity index (χ3n) is 2.27. The third kappa shape index (κ3) is 2.56. The topological polar surface area (TPSA) is 45.9 Å². The van der Waals surface area contributed by atoms with Gasteiger partial charge in [0.05, 0.1) is 10.6 Å². The van der Waals surface area contributed by atoms with E-state index in [1.54, 1.807) is 12.1 Å². The van der Waals surface area contributed by atoms with Gasteiger partial charge in [0.25, 0.3) is 0 Å². The van der Waals surface area contributed by atoms with Crippen LogP contribution in [0.1, 0.15) is 11.1 Å². The maximum absolute atomic E-state index is 8.86. The number of ether oxygens (including phenoxy) is 1. The van der Waals surface area contributed by atoms with Crippen LogP contribution in [0.15, 0.2) is 30.5 Å². The van der Waals surface area contributed by atoms with Crippen LogP contribution in [0.2, 0.25) is 10.0 Å². The average Bonchev–Trinajstić information content (AvgIpc) is 2.35. The van der Waals surface area contributed by atoms with Crippen molar-refractivity contribution in [3.8, 4) is 17.7 Å². The molecule has 0 aliphatic heterocycles. The molecule has 5 heteroatoms. The second-order valence-electron chi connectivity index (χ2n) is 3.63. The first kappa shape index (κ1) is 12.7. The van der Waals surface area contributed by atoms with Crippen LogP contribution in [0.5, 0.6) is 11.6 Å². The van der Waals surface area contributed by atoms with Crippen LogP contribution in [-0.2, 0) is 0 Å². The zero-order valence-electron chi connectivity index (χ0n) is 9.45. The van der Waals surface area contributed by atoms with Crippen LogP contribution in [0, 0.1) is 18.3 Å². The Morgan fingerprint density at radius 1 is 1.28 bits per heavy atom. The van der Waals surface area contributed by atoms with Crippen molar-refractivity contribution in [3.05, 3.63) is 51.6 Å². The van der Waals surface area contributed by atoms with Gasteiger partial charge in [-0.25, -0.2) is 4.98 Å². The fourth-order valence-corrected chi connectivity index (χ4v) is 1.84. The van der Waals surface area contributed by atoms with Gasteiger partial charge in [0, 0.05) is 6.20 Å². The SMILES string of the molecule is Cc1ccc(Oc2nccc(C#N)c2Cl)c(Cl)c1. The fraction of sp³-hybridized carbons (Fsp3) is 0.0769. The molecule has 1 aromatic carbocycles. The summed E-state index contributed by atoms with van der Waals surface area (Å²) >= 11 is 12.0. The summed E-state index contributed by atoms with van der Waals surface area (Å²) in [7, 11) is 0. The number of nitrogens with zero attached hydrogens (tertiary/aromatic N) is 2. The van der Waals surface area contributed by atoms with E-state index in [0.29, 0.717) is 16.3 Å². The molecular formula is C13H8Cl2N2O. The zero-order chi connectivity index (χ0) is 13.1. The second-order valence-corrected chi connectivity index (χ2v) is 4.41. The van der Waals surface area contributed by atoms with E-state index in [9.17, 15) is 0 Å². The number of rotatable bonds is 2. The van der Waals surface area contributed by atoms with Gasteiger partial charge >= 0.3 is 0 Å². The highest BCUT2D eigenvalue weighted by Crippen LogP contribution is 2.33. The molecular weight excluding hydrogens is 271 g/mol. The van der Waals surface area contributed by atoms with Crippen LogP contribution < -0.4 is 4.74 Å². The Hall–Kier alpha value is -1.76. The third-order valence-corrected chi connectivity index (χ3v) is 2.93. The molecule has 0 atom stereocenters. The van der Waals surface area contributed by atoms with Gasteiger partial charge in [0.2, 0.25) is 5.88 Å². The summed E-state index contributed by atoms with van der Waals surface area (Å²) in [6.45, 7) is 1.93. The highest BCUT2D eigenvalue weighted by molar-refractivity contribution is 6.33. The summed E-state index contributed by atoms with van der Waals surface area (Å²) in [5.74, 6) is 0.619. The maximum atomic E-state index is 8.86. The molecule has 90 valence electrons. The van der Waals surface area contributed by atoms with Gasteiger partial charge in [-0.2, -0.15) is 5.26 Å². The van der Waals surface area contributed by atoms with Crippen molar-refractivity contribution in [2.24, 2.45) is 0 Å². The molecule has 2 rings (SSSR count). The largest absolute Gasteiger partial charge is 0.436 e. The Balaban J connectivity index is 2.38. The Labute approximate surface area is 115 Å². The van der Waals surface area contributed by atoms with Crippen LogP contribution in [0.3, 0.4) is 0 Å². The number of hydrogen-bond acceptors (Lipinski definition) is 3. The van der Waals surface area contributed by atoms with Gasteiger partial charge in [0.15, 0.2) is 0 Å². The highest BCUT2D eigenvalue weighted by atomic mass is 35.5. The first-order valence-corrected chi connectivity index (χ1v) is 5.86. The lowest BCUT2D eigenvalue weighted by atomic mass is 10.2. The van der Waals surface area contributed by atoms with Gasteiger partial charge in [0.1, 0.15) is 16.8 Å². The molecule has 3 nitrogen and oxygen atoms in total. The van der Waals surface area contributed by atoms with Crippen molar-refractivity contribution in [2.45, 2.75) is 6.92 Å². The summed E-state index contributed by atoms with van der Waals surface area (Å²) in [5.41, 5.74) is 1.34. The molecule has 1 heterocycles. The van der Waals surface area contributed by atoms with E-state index in [1.165, 1.54) is 12.3 Å². The molecule has 18 heavy (non-hydrogen) atoms. The molecule has 0 amide bonds. The van der Waals surface area contributed by atoms with E-state index in [2.05, 4.69) is 4.98 Å². The van der Waals surface area contributed by atoms with E-state index in [-0.39, 0.29) is 10.9 Å². The maximum Gasteiger partial charge on any atom is 0.239 e.